The van der Waals surface area contributed by atoms with Gasteiger partial charge in [-0.3, -0.25) is 9.69 Å². The molecule has 1 saturated heterocycles. The number of carboxylic acids is 1. The maximum atomic E-state index is 12.4. The van der Waals surface area contributed by atoms with Gasteiger partial charge in [0.1, 0.15) is 5.01 Å². The highest BCUT2D eigenvalue weighted by Gasteiger charge is 2.31. The number of carbonyl (C=O) groups is 2. The van der Waals surface area contributed by atoms with E-state index in [2.05, 4.69) is 15.2 Å². The van der Waals surface area contributed by atoms with Crippen molar-refractivity contribution in [3.8, 4) is 0 Å². The summed E-state index contributed by atoms with van der Waals surface area (Å²) < 4.78 is 0. The molecule has 1 aromatic heterocycles. The van der Waals surface area contributed by atoms with Gasteiger partial charge in [-0.05, 0) is 36.4 Å². The van der Waals surface area contributed by atoms with Crippen LogP contribution in [0.2, 0.25) is 0 Å². The lowest BCUT2D eigenvalue weighted by Crippen LogP contribution is -2.23. The highest BCUT2D eigenvalue weighted by atomic mass is 32.2. The second-order valence-electron chi connectivity index (χ2n) is 4.87. The van der Waals surface area contributed by atoms with Gasteiger partial charge < -0.3 is 5.11 Å². The van der Waals surface area contributed by atoms with Crippen molar-refractivity contribution in [1.82, 2.24) is 15.1 Å². The summed E-state index contributed by atoms with van der Waals surface area (Å²) in [6.45, 7) is 1.83. The maximum Gasteiger partial charge on any atom is 0.336 e. The quantitative estimate of drug-likeness (QED) is 0.846. The van der Waals surface area contributed by atoms with Crippen LogP contribution in [0, 0.1) is 6.92 Å². The van der Waals surface area contributed by atoms with Crippen LogP contribution in [0.15, 0.2) is 34.2 Å². The zero-order chi connectivity index (χ0) is 17.3. The Balaban J connectivity index is 1.95. The number of aliphatic imine (C=N–C) groups is 1. The van der Waals surface area contributed by atoms with Crippen LogP contribution in [0.25, 0.3) is 6.08 Å². The Morgan fingerprint density at radius 3 is 2.75 bits per heavy atom. The third-order valence-electron chi connectivity index (χ3n) is 3.19. The summed E-state index contributed by atoms with van der Waals surface area (Å²) in [7, 11) is 1.62. The lowest BCUT2D eigenvalue weighted by atomic mass is 10.1. The molecule has 2 heterocycles. The SMILES string of the molecule is Cc1nnc(/N=C2/S/C(=C/c3ccccc3C(=O)O)C(=O)N2C)s1. The minimum Gasteiger partial charge on any atom is -0.478 e. The number of likely N-dealkylation sites (N-methyl/N-ethyl adjacent to an activating group) is 1. The highest BCUT2D eigenvalue weighted by Crippen LogP contribution is 2.34. The fourth-order valence-electron chi connectivity index (χ4n) is 2.02. The number of aromatic nitrogens is 2. The molecule has 7 nitrogen and oxygen atoms in total. The van der Waals surface area contributed by atoms with Gasteiger partial charge in [-0.2, -0.15) is 4.99 Å². The van der Waals surface area contributed by atoms with Crippen molar-refractivity contribution in [1.29, 1.82) is 0 Å². The number of carbonyl (C=O) groups excluding carboxylic acids is 1. The van der Waals surface area contributed by atoms with Gasteiger partial charge in [-0.1, -0.05) is 29.5 Å². The largest absolute Gasteiger partial charge is 0.478 e. The van der Waals surface area contributed by atoms with Crippen molar-refractivity contribution < 1.29 is 14.7 Å². The number of aromatic carboxylic acids is 1. The number of hydrogen-bond acceptors (Lipinski definition) is 7. The predicted octanol–water partition coefficient (Wildman–Crippen LogP) is 2.78. The highest BCUT2D eigenvalue weighted by molar-refractivity contribution is 8.18. The van der Waals surface area contributed by atoms with Gasteiger partial charge in [0.05, 0.1) is 10.5 Å². The molecule has 24 heavy (non-hydrogen) atoms. The van der Waals surface area contributed by atoms with Crippen LogP contribution in [0.1, 0.15) is 20.9 Å². The number of carboxylic acid groups (broad SMARTS) is 1. The van der Waals surface area contributed by atoms with Crippen molar-refractivity contribution in [2.24, 2.45) is 4.99 Å². The molecule has 1 fully saturated rings. The van der Waals surface area contributed by atoms with E-state index in [0.717, 1.165) is 5.01 Å². The Hall–Kier alpha value is -2.52. The molecule has 1 amide bonds. The molecule has 0 bridgehead atoms. The molecule has 0 atom stereocenters. The molecule has 0 aliphatic carbocycles. The lowest BCUT2D eigenvalue weighted by Gasteiger charge is -2.05. The van der Waals surface area contributed by atoms with E-state index in [9.17, 15) is 14.7 Å². The first kappa shape index (κ1) is 16.3. The monoisotopic (exact) mass is 360 g/mol. The predicted molar refractivity (Wildman–Crippen MR) is 93.5 cm³/mol. The van der Waals surface area contributed by atoms with Crippen molar-refractivity contribution in [2.75, 3.05) is 7.05 Å². The first-order chi connectivity index (χ1) is 11.5. The number of aryl methyl sites for hydroxylation is 1. The van der Waals surface area contributed by atoms with Crippen LogP contribution >= 0.6 is 23.1 Å². The molecule has 1 aliphatic heterocycles. The number of hydrogen-bond donors (Lipinski definition) is 1. The summed E-state index contributed by atoms with van der Waals surface area (Å²) in [5.74, 6) is -1.27. The lowest BCUT2D eigenvalue weighted by molar-refractivity contribution is -0.121. The average molecular weight is 360 g/mol. The van der Waals surface area contributed by atoms with Gasteiger partial charge in [-0.25, -0.2) is 4.79 Å². The standard InChI is InChI=1S/C15H12N4O3S2/c1-8-17-18-14(23-8)16-15-19(2)12(20)11(24-15)7-9-5-3-4-6-10(9)13(21)22/h3-7H,1-2H3,(H,21,22)/b11-7+,16-15+. The molecule has 122 valence electrons. The van der Waals surface area contributed by atoms with Crippen molar-refractivity contribution in [2.45, 2.75) is 6.92 Å². The summed E-state index contributed by atoms with van der Waals surface area (Å²) >= 11 is 2.51. The van der Waals surface area contributed by atoms with Crippen molar-refractivity contribution in [3.05, 3.63) is 45.3 Å². The molecular weight excluding hydrogens is 348 g/mol. The van der Waals surface area contributed by atoms with Crippen LogP contribution in [-0.2, 0) is 4.79 Å². The third kappa shape index (κ3) is 3.22. The normalized spacial score (nSPS) is 17.9. The summed E-state index contributed by atoms with van der Waals surface area (Å²) in [6.07, 6.45) is 1.57. The van der Waals surface area contributed by atoms with Crippen molar-refractivity contribution in [3.63, 3.8) is 0 Å². The third-order valence-corrected chi connectivity index (χ3v) is 4.98. The number of thioether (sulfide) groups is 1. The Morgan fingerprint density at radius 2 is 2.08 bits per heavy atom. The van der Waals surface area contributed by atoms with Crippen LogP contribution in [0.4, 0.5) is 5.13 Å². The van der Waals surface area contributed by atoms with E-state index < -0.39 is 5.97 Å². The van der Waals surface area contributed by atoms with Crippen molar-refractivity contribution >= 4 is 51.4 Å². The molecule has 3 rings (SSSR count). The Labute approximate surface area is 145 Å². The first-order valence-corrected chi connectivity index (χ1v) is 8.47. The maximum absolute atomic E-state index is 12.4. The van der Waals surface area contributed by atoms with Crippen LogP contribution in [0.5, 0.6) is 0 Å². The van der Waals surface area contributed by atoms with E-state index in [1.54, 1.807) is 31.3 Å². The van der Waals surface area contributed by atoms with E-state index >= 15 is 0 Å². The minimum atomic E-state index is -1.04. The molecule has 1 aromatic carbocycles. The Kier molecular flexibility index (Phi) is 4.45. The van der Waals surface area contributed by atoms with Gasteiger partial charge in [0.25, 0.3) is 5.91 Å². The second kappa shape index (κ2) is 6.54. The molecule has 0 unspecified atom stereocenters. The number of amidine groups is 1. The number of amides is 1. The molecular formula is C15H12N4O3S2. The fraction of sp³-hybridized carbons (Fsp3) is 0.133. The van der Waals surface area contributed by atoms with E-state index in [0.29, 0.717) is 20.8 Å². The average Bonchev–Trinajstić information content (AvgIpc) is 3.07. The van der Waals surface area contributed by atoms with Crippen LogP contribution < -0.4 is 0 Å². The number of rotatable bonds is 3. The topological polar surface area (TPSA) is 95.7 Å². The molecule has 9 heteroatoms. The van der Waals surface area contributed by atoms with Crippen LogP contribution in [0.3, 0.4) is 0 Å². The number of nitrogens with zero attached hydrogens (tertiary/aromatic N) is 4. The smallest absolute Gasteiger partial charge is 0.336 e. The van der Waals surface area contributed by atoms with Gasteiger partial charge in [0.15, 0.2) is 5.17 Å². The Bertz CT molecular complexity index is 888. The minimum absolute atomic E-state index is 0.145. The van der Waals surface area contributed by atoms with E-state index in [1.165, 1.54) is 34.1 Å². The van der Waals surface area contributed by atoms with Gasteiger partial charge in [-0.15, -0.1) is 10.2 Å². The second-order valence-corrected chi connectivity index (χ2v) is 7.03. The number of benzene rings is 1. The first-order valence-electron chi connectivity index (χ1n) is 6.84. The fourth-order valence-corrected chi connectivity index (χ4v) is 3.60. The molecule has 1 N–H and O–H groups in total. The molecule has 1 aliphatic rings. The summed E-state index contributed by atoms with van der Waals surface area (Å²) in [4.78, 5) is 29.8. The van der Waals surface area contributed by atoms with E-state index in [1.807, 2.05) is 6.92 Å². The summed E-state index contributed by atoms with van der Waals surface area (Å²) in [5.41, 5.74) is 0.619. The zero-order valence-electron chi connectivity index (χ0n) is 12.8. The molecule has 0 spiro atoms. The van der Waals surface area contributed by atoms with Gasteiger partial charge in [0.2, 0.25) is 5.13 Å². The summed E-state index contributed by atoms with van der Waals surface area (Å²) in [5, 5.41) is 18.8. The zero-order valence-corrected chi connectivity index (χ0v) is 14.4. The van der Waals surface area contributed by atoms with Gasteiger partial charge >= 0.3 is 5.97 Å². The molecule has 0 radical (unpaired) electrons. The van der Waals surface area contributed by atoms with E-state index in [4.69, 9.17) is 0 Å². The Morgan fingerprint density at radius 1 is 1.33 bits per heavy atom. The van der Waals surface area contributed by atoms with E-state index in [-0.39, 0.29) is 11.5 Å². The van der Waals surface area contributed by atoms with Crippen LogP contribution in [-0.4, -0.2) is 44.3 Å². The molecule has 2 aromatic rings. The molecule has 0 saturated carbocycles. The summed E-state index contributed by atoms with van der Waals surface area (Å²) in [6, 6.07) is 6.53. The van der Waals surface area contributed by atoms with Gasteiger partial charge in [0, 0.05) is 7.05 Å².